The maximum absolute atomic E-state index is 4.32. The van der Waals surface area contributed by atoms with Crippen LogP contribution in [0.4, 0.5) is 0 Å². The highest BCUT2D eigenvalue weighted by Crippen LogP contribution is 1.99. The Hall–Kier alpha value is -1.12. The Morgan fingerprint density at radius 2 is 2.46 bits per heavy atom. The lowest BCUT2D eigenvalue weighted by molar-refractivity contribution is -0.746. The topological polar surface area (TPSA) is 21.7 Å². The minimum absolute atomic E-state index is 0.792. The highest BCUT2D eigenvalue weighted by Gasteiger charge is 2.09. The van der Waals surface area contributed by atoms with Gasteiger partial charge in [0.15, 0.2) is 11.9 Å². The van der Waals surface area contributed by atoms with Crippen molar-refractivity contribution in [1.82, 2.24) is 9.90 Å². The van der Waals surface area contributed by atoms with Crippen LogP contribution in [0.5, 0.6) is 0 Å². The van der Waals surface area contributed by atoms with Gasteiger partial charge in [0.25, 0.3) is 0 Å². The standard InChI is InChI=1S/C10H18N3/c1-4-6-7-10-9-13(8-5-2)11-12(10)3/h5,9H,2,4,6-8H2,1,3H3/q+1. The van der Waals surface area contributed by atoms with Crippen molar-refractivity contribution in [2.75, 3.05) is 0 Å². The SMILES string of the molecule is C=CC[n+]1cc(CCCC)n(C)n1. The summed E-state index contributed by atoms with van der Waals surface area (Å²) in [5, 5.41) is 4.32. The first-order chi connectivity index (χ1) is 6.27. The fraction of sp³-hybridized carbons (Fsp3) is 0.600. The van der Waals surface area contributed by atoms with Crippen LogP contribution in [0.1, 0.15) is 25.5 Å². The minimum Gasteiger partial charge on any atom is -0.137 e. The predicted molar refractivity (Wildman–Crippen MR) is 52.2 cm³/mol. The Labute approximate surface area is 79.7 Å². The quantitative estimate of drug-likeness (QED) is 0.493. The van der Waals surface area contributed by atoms with Gasteiger partial charge in [-0.05, 0) is 12.5 Å². The third-order valence-electron chi connectivity index (χ3n) is 2.07. The van der Waals surface area contributed by atoms with Gasteiger partial charge in [0.1, 0.15) is 13.6 Å². The first-order valence-electron chi connectivity index (χ1n) is 4.81. The van der Waals surface area contributed by atoms with Gasteiger partial charge >= 0.3 is 0 Å². The largest absolute Gasteiger partial charge is 0.167 e. The van der Waals surface area contributed by atoms with E-state index in [9.17, 15) is 0 Å². The Morgan fingerprint density at radius 1 is 1.69 bits per heavy atom. The normalized spacial score (nSPS) is 10.3. The number of hydrogen-bond donors (Lipinski definition) is 0. The molecule has 0 atom stereocenters. The summed E-state index contributed by atoms with van der Waals surface area (Å²) in [6.45, 7) is 6.68. The maximum atomic E-state index is 4.32. The molecule has 0 aliphatic heterocycles. The second-order valence-corrected chi connectivity index (χ2v) is 3.25. The maximum Gasteiger partial charge on any atom is 0.167 e. The molecule has 0 spiro atoms. The third kappa shape index (κ3) is 2.68. The number of hydrogen-bond acceptors (Lipinski definition) is 1. The highest BCUT2D eigenvalue weighted by molar-refractivity contribution is 4.89. The molecule has 1 rings (SSSR count). The number of aryl methyl sites for hydroxylation is 2. The van der Waals surface area contributed by atoms with Crippen molar-refractivity contribution in [3.05, 3.63) is 24.5 Å². The van der Waals surface area contributed by atoms with Crippen LogP contribution in [-0.2, 0) is 20.0 Å². The Bertz CT molecular complexity index is 276. The second kappa shape index (κ2) is 4.80. The Morgan fingerprint density at radius 3 is 3.08 bits per heavy atom. The molecule has 0 aromatic carbocycles. The molecule has 1 aromatic heterocycles. The molecular formula is C10H18N3+. The van der Waals surface area contributed by atoms with Gasteiger partial charge in [0, 0.05) is 6.42 Å². The van der Waals surface area contributed by atoms with Crippen molar-refractivity contribution in [2.24, 2.45) is 7.05 Å². The molecule has 0 fully saturated rings. The molecule has 1 heterocycles. The van der Waals surface area contributed by atoms with Crippen LogP contribution in [0.3, 0.4) is 0 Å². The van der Waals surface area contributed by atoms with Crippen LogP contribution >= 0.6 is 0 Å². The number of rotatable bonds is 5. The zero-order valence-corrected chi connectivity index (χ0v) is 8.53. The first kappa shape index (κ1) is 9.96. The smallest absolute Gasteiger partial charge is 0.137 e. The molecule has 1 aromatic rings. The number of unbranched alkanes of at least 4 members (excludes halogenated alkanes) is 1. The van der Waals surface area contributed by atoms with Gasteiger partial charge in [-0.15, -0.1) is 9.36 Å². The third-order valence-corrected chi connectivity index (χ3v) is 2.07. The first-order valence-corrected chi connectivity index (χ1v) is 4.81. The molecule has 72 valence electrons. The van der Waals surface area contributed by atoms with Gasteiger partial charge in [-0.3, -0.25) is 0 Å². The molecule has 3 nitrogen and oxygen atoms in total. The Kier molecular flexibility index (Phi) is 3.68. The molecule has 0 N–H and O–H groups in total. The number of aromatic nitrogens is 3. The molecule has 0 amide bonds. The van der Waals surface area contributed by atoms with E-state index >= 15 is 0 Å². The molecule has 13 heavy (non-hydrogen) atoms. The van der Waals surface area contributed by atoms with Gasteiger partial charge < -0.3 is 0 Å². The van der Waals surface area contributed by atoms with E-state index < -0.39 is 0 Å². The van der Waals surface area contributed by atoms with Gasteiger partial charge in [-0.2, -0.15) is 0 Å². The molecule has 0 unspecified atom stereocenters. The van der Waals surface area contributed by atoms with Crippen molar-refractivity contribution >= 4 is 0 Å². The monoisotopic (exact) mass is 180 g/mol. The van der Waals surface area contributed by atoms with Gasteiger partial charge in [0.2, 0.25) is 0 Å². The van der Waals surface area contributed by atoms with Crippen molar-refractivity contribution in [3.63, 3.8) is 0 Å². The molecular weight excluding hydrogens is 162 g/mol. The highest BCUT2D eigenvalue weighted by atomic mass is 15.5. The van der Waals surface area contributed by atoms with Gasteiger partial charge in [0.05, 0.1) is 5.21 Å². The summed E-state index contributed by atoms with van der Waals surface area (Å²) in [6, 6.07) is 0. The summed E-state index contributed by atoms with van der Waals surface area (Å²) in [6.07, 6.45) is 7.53. The van der Waals surface area contributed by atoms with Crippen LogP contribution in [0, 0.1) is 0 Å². The number of nitrogens with zero attached hydrogens (tertiary/aromatic N) is 3. The summed E-state index contributed by atoms with van der Waals surface area (Å²) >= 11 is 0. The van der Waals surface area contributed by atoms with Crippen molar-refractivity contribution in [1.29, 1.82) is 0 Å². The summed E-state index contributed by atoms with van der Waals surface area (Å²) in [7, 11) is 1.99. The van der Waals surface area contributed by atoms with Crippen LogP contribution in [0.25, 0.3) is 0 Å². The summed E-state index contributed by atoms with van der Waals surface area (Å²) in [5.74, 6) is 0. The van der Waals surface area contributed by atoms with Crippen LogP contribution in [0.15, 0.2) is 18.9 Å². The second-order valence-electron chi connectivity index (χ2n) is 3.25. The Balaban J connectivity index is 2.65. The summed E-state index contributed by atoms with van der Waals surface area (Å²) in [4.78, 5) is 0. The van der Waals surface area contributed by atoms with E-state index in [1.165, 1.54) is 18.5 Å². The van der Waals surface area contributed by atoms with Crippen LogP contribution in [0.2, 0.25) is 0 Å². The fourth-order valence-corrected chi connectivity index (χ4v) is 1.32. The molecule has 0 aliphatic rings. The minimum atomic E-state index is 0.792. The summed E-state index contributed by atoms with van der Waals surface area (Å²) in [5.41, 5.74) is 1.30. The van der Waals surface area contributed by atoms with E-state index in [1.54, 1.807) is 0 Å². The predicted octanol–water partition coefficient (Wildman–Crippen LogP) is 1.24. The van der Waals surface area contributed by atoms with Gasteiger partial charge in [-0.1, -0.05) is 19.9 Å². The molecule has 0 bridgehead atoms. The lowest BCUT2D eigenvalue weighted by Crippen LogP contribution is -2.34. The van der Waals surface area contributed by atoms with Crippen LogP contribution in [-0.4, -0.2) is 9.90 Å². The fourth-order valence-electron chi connectivity index (χ4n) is 1.32. The zero-order valence-electron chi connectivity index (χ0n) is 8.53. The zero-order chi connectivity index (χ0) is 9.68. The van der Waals surface area contributed by atoms with Crippen LogP contribution < -0.4 is 4.68 Å². The lowest BCUT2D eigenvalue weighted by atomic mass is 10.2. The van der Waals surface area contributed by atoms with Crippen molar-refractivity contribution < 1.29 is 4.68 Å². The molecule has 0 saturated carbocycles. The van der Waals surface area contributed by atoms with E-state index in [0.29, 0.717) is 0 Å². The van der Waals surface area contributed by atoms with Crippen molar-refractivity contribution in [2.45, 2.75) is 32.7 Å². The van der Waals surface area contributed by atoms with E-state index in [1.807, 2.05) is 22.5 Å². The lowest BCUT2D eigenvalue weighted by Gasteiger charge is -1.90. The molecule has 3 heteroatoms. The molecule has 0 radical (unpaired) electrons. The average Bonchev–Trinajstić information content (AvgIpc) is 2.44. The van der Waals surface area contributed by atoms with Gasteiger partial charge in [-0.25, -0.2) is 0 Å². The van der Waals surface area contributed by atoms with Crippen molar-refractivity contribution in [3.8, 4) is 0 Å². The average molecular weight is 180 g/mol. The van der Waals surface area contributed by atoms with E-state index in [0.717, 1.165) is 13.0 Å². The molecule has 0 saturated heterocycles. The summed E-state index contributed by atoms with van der Waals surface area (Å²) < 4.78 is 3.86. The number of allylic oxidation sites excluding steroid dienone is 1. The van der Waals surface area contributed by atoms with E-state index in [4.69, 9.17) is 0 Å². The van der Waals surface area contributed by atoms with E-state index in [2.05, 4.69) is 24.9 Å². The van der Waals surface area contributed by atoms with E-state index in [-0.39, 0.29) is 0 Å². The molecule has 0 aliphatic carbocycles.